The second kappa shape index (κ2) is 20.3. The van der Waals surface area contributed by atoms with Gasteiger partial charge in [0, 0.05) is 38.9 Å². The first-order valence-corrected chi connectivity index (χ1v) is 20.8. The molecule has 0 aliphatic carbocycles. The molecule has 0 amide bonds. The molecule has 3 heterocycles. The van der Waals surface area contributed by atoms with Gasteiger partial charge in [0.25, 0.3) is 0 Å². The Morgan fingerprint density at radius 2 is 0.476 bits per heavy atom. The zero-order valence-corrected chi connectivity index (χ0v) is 35.4. The lowest BCUT2D eigenvalue weighted by molar-refractivity contribution is 0.992. The molecule has 10 rings (SSSR count). The summed E-state index contributed by atoms with van der Waals surface area (Å²) < 4.78 is 0. The minimum absolute atomic E-state index is 0.685. The van der Waals surface area contributed by atoms with Crippen LogP contribution in [-0.2, 0) is 0 Å². The molecule has 0 fully saturated rings. The molecule has 0 aliphatic rings. The van der Waals surface area contributed by atoms with Crippen molar-refractivity contribution < 1.29 is 0 Å². The number of pyridine rings is 1. The molecule has 0 unspecified atom stereocenters. The van der Waals surface area contributed by atoms with Gasteiger partial charge in [0.2, 0.25) is 0 Å². The Balaban J connectivity index is 0.000000132. The van der Waals surface area contributed by atoms with E-state index in [2.05, 4.69) is 77.3 Å². The third kappa shape index (κ3) is 11.1. The number of aromatic nitrogens is 7. The molecule has 0 spiro atoms. The predicted molar refractivity (Wildman–Crippen MR) is 256 cm³/mol. The van der Waals surface area contributed by atoms with Crippen LogP contribution in [-0.4, -0.2) is 34.9 Å². The largest absolute Gasteiger partial charge is 0.248 e. The van der Waals surface area contributed by atoms with Crippen molar-refractivity contribution in [3.63, 3.8) is 0 Å². The van der Waals surface area contributed by atoms with E-state index in [-0.39, 0.29) is 0 Å². The lowest BCUT2D eigenvalue weighted by atomic mass is 10.1. The summed E-state index contributed by atoms with van der Waals surface area (Å²) in [5.74, 6) is 4.22. The van der Waals surface area contributed by atoms with E-state index in [9.17, 15) is 0 Å². The minimum atomic E-state index is 0.685. The van der Waals surface area contributed by atoms with Gasteiger partial charge in [0.1, 0.15) is 5.82 Å². The maximum atomic E-state index is 4.77. The van der Waals surface area contributed by atoms with Crippen molar-refractivity contribution in [2.45, 2.75) is 20.8 Å². The Bertz CT molecular complexity index is 2690. The van der Waals surface area contributed by atoms with Crippen LogP contribution in [0.4, 0.5) is 0 Å². The Labute approximate surface area is 369 Å². The molecule has 3 aromatic heterocycles. The van der Waals surface area contributed by atoms with E-state index < -0.39 is 0 Å². The van der Waals surface area contributed by atoms with Gasteiger partial charge in [-0.15, -0.1) is 0 Å². The molecule has 0 bridgehead atoms. The van der Waals surface area contributed by atoms with Crippen LogP contribution in [0.1, 0.15) is 17.0 Å². The normalized spacial score (nSPS) is 10.5. The second-order valence-corrected chi connectivity index (χ2v) is 14.8. The van der Waals surface area contributed by atoms with Crippen LogP contribution in [0.2, 0.25) is 0 Å². The molecular weight excluding hydrogens is 771 g/mol. The highest BCUT2D eigenvalue weighted by atomic mass is 15.0. The summed E-state index contributed by atoms with van der Waals surface area (Å²) in [7, 11) is 0. The van der Waals surface area contributed by atoms with Crippen LogP contribution < -0.4 is 0 Å². The fourth-order valence-corrected chi connectivity index (χ4v) is 6.74. The van der Waals surface area contributed by atoms with E-state index in [0.717, 1.165) is 56.2 Å². The van der Waals surface area contributed by atoms with E-state index in [1.807, 2.05) is 177 Å². The Morgan fingerprint density at radius 3 is 0.778 bits per heavy atom. The number of rotatable bonds is 7. The van der Waals surface area contributed by atoms with Gasteiger partial charge in [-0.2, -0.15) is 0 Å². The molecule has 7 heteroatoms. The van der Waals surface area contributed by atoms with Crippen molar-refractivity contribution in [1.82, 2.24) is 34.9 Å². The van der Waals surface area contributed by atoms with Gasteiger partial charge in [-0.3, -0.25) is 0 Å². The molecule has 7 nitrogen and oxygen atoms in total. The van der Waals surface area contributed by atoms with Gasteiger partial charge in [0.05, 0.1) is 11.4 Å². The highest BCUT2D eigenvalue weighted by molar-refractivity contribution is 5.68. The maximum Gasteiger partial charge on any atom is 0.164 e. The Kier molecular flexibility index (Phi) is 13.4. The molecule has 304 valence electrons. The SMILES string of the molecule is Cc1cc(-c2ccccc2)nc(-c2ccccc2)c1.Cc1ccc(-c2nc(-c3ccccc3)nc(-c3ccccc3)n2)cc1.Cc1nc(-c2ccccc2)nc(-c2ccccc2)n1. The van der Waals surface area contributed by atoms with Crippen LogP contribution >= 0.6 is 0 Å². The molecule has 0 saturated heterocycles. The second-order valence-electron chi connectivity index (χ2n) is 14.8. The van der Waals surface area contributed by atoms with Crippen molar-refractivity contribution in [2.75, 3.05) is 0 Å². The number of aryl methyl sites for hydroxylation is 3. The summed E-state index contributed by atoms with van der Waals surface area (Å²) in [6.07, 6.45) is 0. The fourth-order valence-electron chi connectivity index (χ4n) is 6.74. The first-order valence-electron chi connectivity index (χ1n) is 20.8. The molecule has 0 saturated carbocycles. The van der Waals surface area contributed by atoms with Crippen molar-refractivity contribution >= 4 is 0 Å². The maximum absolute atomic E-state index is 4.77. The van der Waals surface area contributed by atoms with Gasteiger partial charge >= 0.3 is 0 Å². The average molecular weight is 816 g/mol. The van der Waals surface area contributed by atoms with E-state index in [1.54, 1.807) is 0 Å². The van der Waals surface area contributed by atoms with Crippen LogP contribution in [0.5, 0.6) is 0 Å². The number of nitrogens with zero attached hydrogens (tertiary/aromatic N) is 7. The third-order valence-electron chi connectivity index (χ3n) is 9.93. The van der Waals surface area contributed by atoms with Crippen molar-refractivity contribution in [3.8, 4) is 79.5 Å². The fraction of sp³-hybridized carbons (Fsp3) is 0.0536. The van der Waals surface area contributed by atoms with Gasteiger partial charge < -0.3 is 0 Å². The zero-order valence-electron chi connectivity index (χ0n) is 35.4. The summed E-state index contributed by atoms with van der Waals surface area (Å²) in [6, 6.07) is 73.0. The van der Waals surface area contributed by atoms with E-state index >= 15 is 0 Å². The van der Waals surface area contributed by atoms with Crippen molar-refractivity contribution in [2.24, 2.45) is 0 Å². The molecule has 10 aromatic rings. The average Bonchev–Trinajstić information content (AvgIpc) is 3.36. The summed E-state index contributed by atoms with van der Waals surface area (Å²) in [6.45, 7) is 6.07. The topological polar surface area (TPSA) is 90.2 Å². The molecule has 63 heavy (non-hydrogen) atoms. The van der Waals surface area contributed by atoms with E-state index in [4.69, 9.17) is 19.9 Å². The third-order valence-corrected chi connectivity index (χ3v) is 9.93. The first kappa shape index (κ1) is 41.4. The van der Waals surface area contributed by atoms with Crippen LogP contribution in [0.15, 0.2) is 218 Å². The lowest BCUT2D eigenvalue weighted by Gasteiger charge is -2.08. The molecule has 0 N–H and O–H groups in total. The summed E-state index contributed by atoms with van der Waals surface area (Å²) in [5, 5.41) is 0. The van der Waals surface area contributed by atoms with Gasteiger partial charge in [0.15, 0.2) is 29.1 Å². The van der Waals surface area contributed by atoms with Crippen LogP contribution in [0, 0.1) is 20.8 Å². The van der Waals surface area contributed by atoms with Crippen molar-refractivity contribution in [1.29, 1.82) is 0 Å². The van der Waals surface area contributed by atoms with Gasteiger partial charge in [-0.05, 0) is 38.5 Å². The van der Waals surface area contributed by atoms with E-state index in [0.29, 0.717) is 29.1 Å². The zero-order chi connectivity index (χ0) is 43.2. The summed E-state index contributed by atoms with van der Waals surface area (Å²) in [4.78, 5) is 32.2. The monoisotopic (exact) mass is 815 g/mol. The number of benzene rings is 7. The standard InChI is InChI=1S/C22H17N3.C18H15N.C16H13N3/c1-16-12-14-19(15-13-16)22-24-20(17-8-4-2-5-9-17)23-21(25-22)18-10-6-3-7-11-18;1-14-12-17(15-8-4-2-5-9-15)19-18(13-14)16-10-6-3-7-11-16;1-12-17-15(13-8-4-2-5-9-13)19-16(18-12)14-10-6-3-7-11-14/h2-15H,1H3;2-13H,1H3;2-11H,1H3. The molecule has 7 aromatic carbocycles. The van der Waals surface area contributed by atoms with E-state index in [1.165, 1.54) is 11.1 Å². The summed E-state index contributed by atoms with van der Waals surface area (Å²) in [5.41, 5.74) is 11.8. The molecule has 0 atom stereocenters. The number of hydrogen-bond acceptors (Lipinski definition) is 7. The first-order chi connectivity index (χ1) is 30.9. The quantitative estimate of drug-likeness (QED) is 0.158. The summed E-state index contributed by atoms with van der Waals surface area (Å²) >= 11 is 0. The van der Waals surface area contributed by atoms with Crippen LogP contribution in [0.25, 0.3) is 79.5 Å². The molecular formula is C56H45N7. The smallest absolute Gasteiger partial charge is 0.164 e. The predicted octanol–water partition coefficient (Wildman–Crippen LogP) is 13.4. The Morgan fingerprint density at radius 1 is 0.222 bits per heavy atom. The van der Waals surface area contributed by atoms with Crippen molar-refractivity contribution in [3.05, 3.63) is 235 Å². The molecule has 0 aliphatic heterocycles. The molecule has 0 radical (unpaired) electrons. The van der Waals surface area contributed by atoms with Crippen LogP contribution in [0.3, 0.4) is 0 Å². The minimum Gasteiger partial charge on any atom is -0.248 e. The Hall–Kier alpha value is -8.29. The van der Waals surface area contributed by atoms with Gasteiger partial charge in [-0.1, -0.05) is 212 Å². The highest BCUT2D eigenvalue weighted by Crippen LogP contribution is 2.26. The highest BCUT2D eigenvalue weighted by Gasteiger charge is 2.12. The lowest BCUT2D eigenvalue weighted by Crippen LogP contribution is -2.00. The number of hydrogen-bond donors (Lipinski definition) is 0. The van der Waals surface area contributed by atoms with Gasteiger partial charge in [-0.25, -0.2) is 34.9 Å².